The van der Waals surface area contributed by atoms with Crippen molar-refractivity contribution in [1.29, 1.82) is 0 Å². The number of aryl methyl sites for hydroxylation is 1. The highest BCUT2D eigenvalue weighted by atomic mass is 32.2. The standard InChI is InChI=1S/C19H20N4O4S/c1-4-23-17(25)16-14(9-11(2)20-16)22-19(23)28-10-15(24)21-13-8-6-5-7-12(13)18(26)27-3/h5-9,20H,4,10H2,1-3H3,(H,21,24). The second kappa shape index (κ2) is 8.30. The van der Waals surface area contributed by atoms with Gasteiger partial charge < -0.3 is 15.0 Å². The fourth-order valence-electron chi connectivity index (χ4n) is 2.80. The van der Waals surface area contributed by atoms with Crippen LogP contribution in [-0.2, 0) is 16.1 Å². The first-order valence-corrected chi connectivity index (χ1v) is 9.63. The maximum absolute atomic E-state index is 12.6. The summed E-state index contributed by atoms with van der Waals surface area (Å²) in [6.45, 7) is 4.15. The Labute approximate surface area is 165 Å². The molecule has 0 fully saturated rings. The van der Waals surface area contributed by atoms with Gasteiger partial charge in [-0.2, -0.15) is 0 Å². The number of esters is 1. The van der Waals surface area contributed by atoms with Gasteiger partial charge in [0.1, 0.15) is 5.52 Å². The van der Waals surface area contributed by atoms with E-state index in [9.17, 15) is 14.4 Å². The van der Waals surface area contributed by atoms with Crippen molar-refractivity contribution in [2.75, 3.05) is 18.2 Å². The summed E-state index contributed by atoms with van der Waals surface area (Å²) in [5, 5.41) is 3.18. The van der Waals surface area contributed by atoms with Crippen LogP contribution in [0, 0.1) is 6.92 Å². The number of aromatic amines is 1. The number of aromatic nitrogens is 3. The van der Waals surface area contributed by atoms with Gasteiger partial charge in [-0.25, -0.2) is 9.78 Å². The molecule has 28 heavy (non-hydrogen) atoms. The molecule has 0 spiro atoms. The zero-order chi connectivity index (χ0) is 20.3. The average molecular weight is 400 g/mol. The fraction of sp³-hybridized carbons (Fsp3) is 0.263. The maximum atomic E-state index is 12.6. The predicted molar refractivity (Wildman–Crippen MR) is 108 cm³/mol. The molecule has 3 rings (SSSR count). The third-order valence-corrected chi connectivity index (χ3v) is 5.07. The van der Waals surface area contributed by atoms with Gasteiger partial charge >= 0.3 is 5.97 Å². The van der Waals surface area contributed by atoms with Crippen molar-refractivity contribution < 1.29 is 14.3 Å². The lowest BCUT2D eigenvalue weighted by molar-refractivity contribution is -0.113. The quantitative estimate of drug-likeness (QED) is 0.374. The van der Waals surface area contributed by atoms with E-state index in [2.05, 4.69) is 15.3 Å². The van der Waals surface area contributed by atoms with Gasteiger partial charge in [0.15, 0.2) is 5.16 Å². The van der Waals surface area contributed by atoms with E-state index in [1.807, 2.05) is 13.8 Å². The Kier molecular flexibility index (Phi) is 5.84. The van der Waals surface area contributed by atoms with Crippen LogP contribution >= 0.6 is 11.8 Å². The van der Waals surface area contributed by atoms with E-state index in [4.69, 9.17) is 4.74 Å². The summed E-state index contributed by atoms with van der Waals surface area (Å²) in [5.41, 5.74) is 2.36. The van der Waals surface area contributed by atoms with E-state index in [1.54, 1.807) is 30.3 Å². The number of carbonyl (C=O) groups is 2. The highest BCUT2D eigenvalue weighted by Crippen LogP contribution is 2.20. The van der Waals surface area contributed by atoms with Gasteiger partial charge in [0.05, 0.1) is 29.6 Å². The SMILES string of the molecule is CCn1c(SCC(=O)Nc2ccccc2C(=O)OC)nc2cc(C)[nH]c2c1=O. The van der Waals surface area contributed by atoms with Crippen LogP contribution in [0.2, 0.25) is 0 Å². The highest BCUT2D eigenvalue weighted by molar-refractivity contribution is 7.99. The molecule has 0 aliphatic heterocycles. The number of hydrogen-bond acceptors (Lipinski definition) is 6. The number of amides is 1. The lowest BCUT2D eigenvalue weighted by atomic mass is 10.2. The van der Waals surface area contributed by atoms with Crippen LogP contribution in [0.4, 0.5) is 5.69 Å². The summed E-state index contributed by atoms with van der Waals surface area (Å²) < 4.78 is 6.25. The minimum atomic E-state index is -0.529. The van der Waals surface area contributed by atoms with Gasteiger partial charge in [-0.3, -0.25) is 14.2 Å². The third kappa shape index (κ3) is 3.94. The topological polar surface area (TPSA) is 106 Å². The van der Waals surface area contributed by atoms with E-state index in [0.717, 1.165) is 5.69 Å². The zero-order valence-corrected chi connectivity index (χ0v) is 16.6. The second-order valence-corrected chi connectivity index (χ2v) is 6.97. The monoisotopic (exact) mass is 400 g/mol. The Balaban J connectivity index is 1.79. The minimum absolute atomic E-state index is 0.0386. The molecule has 0 aliphatic rings. The van der Waals surface area contributed by atoms with Crippen molar-refractivity contribution in [3.63, 3.8) is 0 Å². The minimum Gasteiger partial charge on any atom is -0.465 e. The van der Waals surface area contributed by atoms with Crippen LogP contribution in [0.25, 0.3) is 11.0 Å². The number of rotatable bonds is 6. The van der Waals surface area contributed by atoms with Gasteiger partial charge in [-0.05, 0) is 32.0 Å². The van der Waals surface area contributed by atoms with Gasteiger partial charge in [0, 0.05) is 12.2 Å². The average Bonchev–Trinajstić information content (AvgIpc) is 3.07. The second-order valence-electron chi connectivity index (χ2n) is 6.03. The molecule has 3 aromatic rings. The molecule has 9 heteroatoms. The summed E-state index contributed by atoms with van der Waals surface area (Å²) in [6.07, 6.45) is 0. The predicted octanol–water partition coefficient (Wildman–Crippen LogP) is 2.57. The Bertz CT molecular complexity index is 1100. The van der Waals surface area contributed by atoms with Gasteiger partial charge in [0.2, 0.25) is 5.91 Å². The number of anilines is 1. The molecule has 8 nitrogen and oxygen atoms in total. The Hall–Kier alpha value is -3.07. The summed E-state index contributed by atoms with van der Waals surface area (Å²) in [7, 11) is 1.28. The lowest BCUT2D eigenvalue weighted by Crippen LogP contribution is -2.23. The van der Waals surface area contributed by atoms with E-state index in [-0.39, 0.29) is 22.8 Å². The first-order valence-electron chi connectivity index (χ1n) is 8.64. The number of thioether (sulfide) groups is 1. The van der Waals surface area contributed by atoms with E-state index in [1.165, 1.54) is 23.4 Å². The number of hydrogen-bond donors (Lipinski definition) is 2. The van der Waals surface area contributed by atoms with Gasteiger partial charge in [-0.15, -0.1) is 0 Å². The number of nitrogens with zero attached hydrogens (tertiary/aromatic N) is 2. The van der Waals surface area contributed by atoms with Crippen molar-refractivity contribution in [2.24, 2.45) is 0 Å². The van der Waals surface area contributed by atoms with Crippen molar-refractivity contribution in [2.45, 2.75) is 25.5 Å². The summed E-state index contributed by atoms with van der Waals surface area (Å²) >= 11 is 1.17. The molecule has 1 amide bonds. The molecule has 0 saturated carbocycles. The van der Waals surface area contributed by atoms with Crippen LogP contribution in [-0.4, -0.2) is 39.3 Å². The molecule has 146 valence electrons. The fourth-order valence-corrected chi connectivity index (χ4v) is 3.66. The Morgan fingerprint density at radius 3 is 2.79 bits per heavy atom. The van der Waals surface area contributed by atoms with Crippen LogP contribution in [0.5, 0.6) is 0 Å². The third-order valence-electron chi connectivity index (χ3n) is 4.09. The number of para-hydroxylation sites is 1. The van der Waals surface area contributed by atoms with Gasteiger partial charge in [-0.1, -0.05) is 23.9 Å². The lowest BCUT2D eigenvalue weighted by Gasteiger charge is -2.11. The normalized spacial score (nSPS) is 10.8. The molecular formula is C19H20N4O4S. The number of ether oxygens (including phenoxy) is 1. The summed E-state index contributed by atoms with van der Waals surface area (Å²) in [6, 6.07) is 8.41. The molecule has 1 aromatic carbocycles. The Morgan fingerprint density at radius 1 is 1.32 bits per heavy atom. The molecule has 2 heterocycles. The number of nitrogens with one attached hydrogen (secondary N) is 2. The number of carbonyl (C=O) groups excluding carboxylic acids is 2. The number of H-pyrrole nitrogens is 1. The smallest absolute Gasteiger partial charge is 0.339 e. The van der Waals surface area contributed by atoms with Crippen molar-refractivity contribution >= 4 is 40.4 Å². The van der Waals surface area contributed by atoms with Crippen LogP contribution in [0.1, 0.15) is 23.0 Å². The van der Waals surface area contributed by atoms with Crippen LogP contribution in [0.3, 0.4) is 0 Å². The maximum Gasteiger partial charge on any atom is 0.339 e. The number of fused-ring (bicyclic) bond motifs is 1. The first-order chi connectivity index (χ1) is 13.4. The van der Waals surface area contributed by atoms with Crippen molar-refractivity contribution in [1.82, 2.24) is 14.5 Å². The van der Waals surface area contributed by atoms with E-state index >= 15 is 0 Å². The van der Waals surface area contributed by atoms with E-state index in [0.29, 0.717) is 28.4 Å². The molecule has 0 saturated heterocycles. The van der Waals surface area contributed by atoms with Crippen LogP contribution in [0.15, 0.2) is 40.3 Å². The molecule has 0 unspecified atom stereocenters. The molecule has 0 radical (unpaired) electrons. The Morgan fingerprint density at radius 2 is 2.07 bits per heavy atom. The number of benzene rings is 1. The summed E-state index contributed by atoms with van der Waals surface area (Å²) in [5.74, 6) is -0.807. The molecule has 2 N–H and O–H groups in total. The van der Waals surface area contributed by atoms with Crippen LogP contribution < -0.4 is 10.9 Å². The zero-order valence-electron chi connectivity index (χ0n) is 15.7. The molecule has 0 bridgehead atoms. The molecule has 0 aliphatic carbocycles. The van der Waals surface area contributed by atoms with Crippen molar-refractivity contribution in [3.8, 4) is 0 Å². The van der Waals surface area contributed by atoms with Gasteiger partial charge in [0.25, 0.3) is 5.56 Å². The molecular weight excluding hydrogens is 380 g/mol. The highest BCUT2D eigenvalue weighted by Gasteiger charge is 2.16. The van der Waals surface area contributed by atoms with Crippen molar-refractivity contribution in [3.05, 3.63) is 51.9 Å². The molecule has 0 atom stereocenters. The summed E-state index contributed by atoms with van der Waals surface area (Å²) in [4.78, 5) is 44.3. The first kappa shape index (κ1) is 19.7. The molecule has 2 aromatic heterocycles. The van der Waals surface area contributed by atoms with E-state index < -0.39 is 5.97 Å². The largest absolute Gasteiger partial charge is 0.465 e. The number of methoxy groups -OCH3 is 1.